The smallest absolute Gasteiger partial charge is 0.339 e. The summed E-state index contributed by atoms with van der Waals surface area (Å²) in [4.78, 5) is 17.5. The first-order chi connectivity index (χ1) is 7.22. The van der Waals surface area contributed by atoms with Gasteiger partial charge in [-0.3, -0.25) is 4.98 Å². The minimum absolute atomic E-state index is 0.339. The Kier molecular flexibility index (Phi) is 2.58. The Morgan fingerprint density at radius 3 is 2.87 bits per heavy atom. The van der Waals surface area contributed by atoms with E-state index < -0.39 is 0 Å². The first-order valence-corrected chi connectivity index (χ1v) is 4.98. The van der Waals surface area contributed by atoms with E-state index in [1.807, 2.05) is 13.1 Å². The predicted octanol–water partition coefficient (Wildman–Crippen LogP) is 1.47. The molecule has 0 spiro atoms. The minimum Gasteiger partial charge on any atom is -0.465 e. The van der Waals surface area contributed by atoms with Crippen LogP contribution >= 0.6 is 0 Å². The van der Waals surface area contributed by atoms with Crippen molar-refractivity contribution in [1.82, 2.24) is 4.98 Å². The van der Waals surface area contributed by atoms with Crippen molar-refractivity contribution in [2.75, 3.05) is 19.1 Å². The van der Waals surface area contributed by atoms with Crippen LogP contribution in [0.5, 0.6) is 0 Å². The van der Waals surface area contributed by atoms with E-state index in [1.54, 1.807) is 6.20 Å². The highest BCUT2D eigenvalue weighted by Gasteiger charge is 2.26. The number of rotatable bonds is 3. The number of hydrogen-bond donors (Lipinski definition) is 0. The number of ether oxygens (including phenoxy) is 1. The van der Waals surface area contributed by atoms with Crippen LogP contribution in [0.3, 0.4) is 0 Å². The molecule has 1 aliphatic carbocycles. The molecule has 0 bridgehead atoms. The van der Waals surface area contributed by atoms with Crippen LogP contribution in [0, 0.1) is 0 Å². The van der Waals surface area contributed by atoms with Gasteiger partial charge in [-0.25, -0.2) is 4.79 Å². The zero-order chi connectivity index (χ0) is 10.8. The monoisotopic (exact) mass is 206 g/mol. The highest BCUT2D eigenvalue weighted by atomic mass is 16.5. The largest absolute Gasteiger partial charge is 0.465 e. The number of nitrogens with zero attached hydrogens (tertiary/aromatic N) is 2. The lowest BCUT2D eigenvalue weighted by Gasteiger charge is -2.18. The molecule has 1 saturated carbocycles. The zero-order valence-corrected chi connectivity index (χ0v) is 8.93. The van der Waals surface area contributed by atoms with E-state index in [1.165, 1.54) is 26.1 Å². The van der Waals surface area contributed by atoms with Crippen molar-refractivity contribution in [2.45, 2.75) is 18.9 Å². The lowest BCUT2D eigenvalue weighted by atomic mass is 10.2. The number of methoxy groups -OCH3 is 1. The van der Waals surface area contributed by atoms with E-state index in [0.29, 0.717) is 11.6 Å². The minimum atomic E-state index is -0.339. The van der Waals surface area contributed by atoms with Crippen molar-refractivity contribution in [2.24, 2.45) is 0 Å². The topological polar surface area (TPSA) is 42.4 Å². The molecule has 0 amide bonds. The van der Waals surface area contributed by atoms with Crippen molar-refractivity contribution >= 4 is 11.7 Å². The summed E-state index contributed by atoms with van der Waals surface area (Å²) in [5.74, 6) is -0.339. The summed E-state index contributed by atoms with van der Waals surface area (Å²) < 4.78 is 4.65. The second kappa shape index (κ2) is 3.88. The van der Waals surface area contributed by atoms with Crippen molar-refractivity contribution in [3.63, 3.8) is 0 Å². The summed E-state index contributed by atoms with van der Waals surface area (Å²) in [5.41, 5.74) is 1.47. The van der Waals surface area contributed by atoms with Gasteiger partial charge in [-0.1, -0.05) is 0 Å². The molecule has 1 aromatic heterocycles. The van der Waals surface area contributed by atoms with Gasteiger partial charge < -0.3 is 9.64 Å². The average molecular weight is 206 g/mol. The number of carbonyl (C=O) groups is 1. The summed E-state index contributed by atoms with van der Waals surface area (Å²) in [6, 6.07) is 2.43. The molecule has 1 aliphatic rings. The summed E-state index contributed by atoms with van der Waals surface area (Å²) >= 11 is 0. The molecule has 0 radical (unpaired) electrons. The number of pyridine rings is 1. The third kappa shape index (κ3) is 2.09. The maximum absolute atomic E-state index is 11.3. The molecular formula is C11H14N2O2. The third-order valence-electron chi connectivity index (χ3n) is 2.65. The number of anilines is 1. The number of carbonyl (C=O) groups excluding carboxylic acids is 1. The lowest BCUT2D eigenvalue weighted by Crippen LogP contribution is -2.20. The van der Waals surface area contributed by atoms with Gasteiger partial charge in [0.2, 0.25) is 0 Å². The lowest BCUT2D eigenvalue weighted by molar-refractivity contribution is 0.0600. The summed E-state index contributed by atoms with van der Waals surface area (Å²) in [6.07, 6.45) is 5.73. The normalized spacial score (nSPS) is 14.8. The maximum Gasteiger partial charge on any atom is 0.339 e. The highest BCUT2D eigenvalue weighted by Crippen LogP contribution is 2.29. The molecule has 1 aromatic rings. The molecule has 2 rings (SSSR count). The van der Waals surface area contributed by atoms with Gasteiger partial charge in [-0.05, 0) is 18.9 Å². The third-order valence-corrected chi connectivity index (χ3v) is 2.65. The van der Waals surface area contributed by atoms with E-state index in [9.17, 15) is 4.79 Å². The van der Waals surface area contributed by atoms with Gasteiger partial charge in [0, 0.05) is 19.3 Å². The molecule has 0 saturated heterocycles. The van der Waals surface area contributed by atoms with E-state index in [0.717, 1.165) is 5.69 Å². The van der Waals surface area contributed by atoms with Gasteiger partial charge in [-0.15, -0.1) is 0 Å². The Morgan fingerprint density at radius 2 is 2.27 bits per heavy atom. The van der Waals surface area contributed by atoms with Crippen molar-refractivity contribution in [1.29, 1.82) is 0 Å². The van der Waals surface area contributed by atoms with Crippen LogP contribution in [-0.2, 0) is 4.74 Å². The van der Waals surface area contributed by atoms with Crippen molar-refractivity contribution in [3.05, 3.63) is 24.0 Å². The van der Waals surface area contributed by atoms with Gasteiger partial charge >= 0.3 is 5.97 Å². The molecule has 4 nitrogen and oxygen atoms in total. The molecule has 0 unspecified atom stereocenters. The van der Waals surface area contributed by atoms with Gasteiger partial charge in [0.15, 0.2) is 0 Å². The molecule has 1 heterocycles. The van der Waals surface area contributed by atoms with E-state index in [-0.39, 0.29) is 5.97 Å². The second-order valence-corrected chi connectivity index (χ2v) is 3.77. The summed E-state index contributed by atoms with van der Waals surface area (Å²) in [5, 5.41) is 0. The highest BCUT2D eigenvalue weighted by molar-refractivity contribution is 5.90. The van der Waals surface area contributed by atoms with Crippen LogP contribution in [0.2, 0.25) is 0 Å². The number of esters is 1. The molecule has 0 aromatic carbocycles. The Hall–Kier alpha value is -1.58. The predicted molar refractivity (Wildman–Crippen MR) is 57.0 cm³/mol. The molecule has 80 valence electrons. The Labute approximate surface area is 88.9 Å². The van der Waals surface area contributed by atoms with E-state index >= 15 is 0 Å². The fourth-order valence-electron chi connectivity index (χ4n) is 1.52. The van der Waals surface area contributed by atoms with Crippen molar-refractivity contribution < 1.29 is 9.53 Å². The first kappa shape index (κ1) is 9.96. The molecule has 0 atom stereocenters. The molecular weight excluding hydrogens is 192 g/mol. The Balaban J connectivity index is 2.21. The maximum atomic E-state index is 11.3. The van der Waals surface area contributed by atoms with Crippen LogP contribution in [-0.4, -0.2) is 31.2 Å². The van der Waals surface area contributed by atoms with Crippen LogP contribution < -0.4 is 4.90 Å². The van der Waals surface area contributed by atoms with Crippen LogP contribution in [0.25, 0.3) is 0 Å². The number of aromatic nitrogens is 1. The molecule has 15 heavy (non-hydrogen) atoms. The van der Waals surface area contributed by atoms with Crippen LogP contribution in [0.15, 0.2) is 18.5 Å². The molecule has 0 aliphatic heterocycles. The van der Waals surface area contributed by atoms with Crippen LogP contribution in [0.4, 0.5) is 5.69 Å². The fourth-order valence-corrected chi connectivity index (χ4v) is 1.52. The Bertz CT molecular complexity index is 375. The van der Waals surface area contributed by atoms with Gasteiger partial charge in [0.05, 0.1) is 24.6 Å². The Morgan fingerprint density at radius 1 is 1.53 bits per heavy atom. The van der Waals surface area contributed by atoms with E-state index in [2.05, 4.69) is 14.6 Å². The quantitative estimate of drug-likeness (QED) is 0.702. The van der Waals surface area contributed by atoms with Gasteiger partial charge in [0.25, 0.3) is 0 Å². The van der Waals surface area contributed by atoms with Crippen molar-refractivity contribution in [3.8, 4) is 0 Å². The molecule has 0 N–H and O–H groups in total. The second-order valence-electron chi connectivity index (χ2n) is 3.77. The van der Waals surface area contributed by atoms with Gasteiger partial charge in [0.1, 0.15) is 0 Å². The van der Waals surface area contributed by atoms with E-state index in [4.69, 9.17) is 0 Å². The number of hydrogen-bond acceptors (Lipinski definition) is 4. The zero-order valence-electron chi connectivity index (χ0n) is 8.93. The summed E-state index contributed by atoms with van der Waals surface area (Å²) in [7, 11) is 3.40. The first-order valence-electron chi connectivity index (χ1n) is 4.98. The molecule has 4 heteroatoms. The molecule has 1 fully saturated rings. The van der Waals surface area contributed by atoms with Crippen LogP contribution in [0.1, 0.15) is 23.2 Å². The SMILES string of the molecule is COC(=O)c1cncc(N(C)C2CC2)c1. The fraction of sp³-hybridized carbons (Fsp3) is 0.455. The average Bonchev–Trinajstić information content (AvgIpc) is 3.11. The van der Waals surface area contributed by atoms with Gasteiger partial charge in [-0.2, -0.15) is 0 Å². The standard InChI is InChI=1S/C11H14N2O2/c1-13(9-3-4-9)10-5-8(6-12-7-10)11(14)15-2/h5-7,9H,3-4H2,1-2H3. The summed E-state index contributed by atoms with van der Waals surface area (Å²) in [6.45, 7) is 0.